The number of nitrogens with one attached hydrogen (secondary N) is 2. The van der Waals surface area contributed by atoms with Crippen molar-refractivity contribution >= 4 is 46.6 Å². The number of aryl methyl sites for hydroxylation is 1. The van der Waals surface area contributed by atoms with E-state index in [4.69, 9.17) is 11.6 Å². The molecule has 1 fully saturated rings. The third-order valence-electron chi connectivity index (χ3n) is 4.19. The largest absolute Gasteiger partial charge is 0.326 e. The maximum atomic E-state index is 12.4. The smallest absolute Gasteiger partial charge is 0.237 e. The molecular formula is C20H21ClN2O2S. The van der Waals surface area contributed by atoms with Crippen molar-refractivity contribution in [2.75, 3.05) is 10.6 Å². The minimum atomic E-state index is -0.262. The molecule has 1 atom stereocenters. The third kappa shape index (κ3) is 5.02. The summed E-state index contributed by atoms with van der Waals surface area (Å²) in [6.45, 7) is 3.78. The Hall–Kier alpha value is -1.98. The summed E-state index contributed by atoms with van der Waals surface area (Å²) in [7, 11) is 0. The van der Waals surface area contributed by atoms with Crippen LogP contribution in [-0.4, -0.2) is 17.1 Å². The van der Waals surface area contributed by atoms with Crippen LogP contribution >= 0.6 is 23.4 Å². The molecule has 1 aliphatic rings. The lowest BCUT2D eigenvalue weighted by Gasteiger charge is -2.13. The summed E-state index contributed by atoms with van der Waals surface area (Å²) < 4.78 is 0. The Kier molecular flexibility index (Phi) is 5.89. The van der Waals surface area contributed by atoms with E-state index in [9.17, 15) is 9.59 Å². The highest BCUT2D eigenvalue weighted by Gasteiger charge is 2.29. The Bertz CT molecular complexity index is 819. The van der Waals surface area contributed by atoms with E-state index in [0.29, 0.717) is 10.7 Å². The molecule has 2 aromatic rings. The minimum absolute atomic E-state index is 0.0824. The number of carbonyl (C=O) groups excluding carboxylic acids is 2. The zero-order valence-electron chi connectivity index (χ0n) is 14.7. The van der Waals surface area contributed by atoms with Gasteiger partial charge in [-0.05, 0) is 68.7 Å². The first-order valence-electron chi connectivity index (χ1n) is 8.57. The molecule has 2 N–H and O–H groups in total. The lowest BCUT2D eigenvalue weighted by Crippen LogP contribution is -2.22. The zero-order chi connectivity index (χ0) is 18.7. The van der Waals surface area contributed by atoms with Crippen LogP contribution in [0.15, 0.2) is 47.4 Å². The highest BCUT2D eigenvalue weighted by atomic mass is 35.5. The number of hydrogen-bond acceptors (Lipinski definition) is 3. The Balaban J connectivity index is 1.54. The van der Waals surface area contributed by atoms with Gasteiger partial charge in [-0.1, -0.05) is 17.7 Å². The molecule has 0 radical (unpaired) electrons. The molecule has 1 aliphatic carbocycles. The molecule has 0 aliphatic heterocycles. The van der Waals surface area contributed by atoms with E-state index in [-0.39, 0.29) is 23.0 Å². The molecule has 0 aromatic heterocycles. The molecule has 0 heterocycles. The molecule has 3 rings (SSSR count). The van der Waals surface area contributed by atoms with Gasteiger partial charge in [0.25, 0.3) is 0 Å². The Morgan fingerprint density at radius 1 is 1.08 bits per heavy atom. The van der Waals surface area contributed by atoms with Crippen LogP contribution in [0.2, 0.25) is 5.02 Å². The first-order valence-corrected chi connectivity index (χ1v) is 9.83. The van der Waals surface area contributed by atoms with Gasteiger partial charge in [-0.25, -0.2) is 0 Å². The highest BCUT2D eigenvalue weighted by Crippen LogP contribution is 2.31. The monoisotopic (exact) mass is 388 g/mol. The maximum Gasteiger partial charge on any atom is 0.237 e. The van der Waals surface area contributed by atoms with E-state index in [1.165, 1.54) is 11.8 Å². The van der Waals surface area contributed by atoms with Crippen LogP contribution in [-0.2, 0) is 9.59 Å². The maximum absolute atomic E-state index is 12.4. The highest BCUT2D eigenvalue weighted by molar-refractivity contribution is 8.00. The number of rotatable bonds is 6. The number of thioether (sulfide) groups is 1. The molecule has 0 spiro atoms. The van der Waals surface area contributed by atoms with Gasteiger partial charge in [-0.3, -0.25) is 9.59 Å². The molecule has 136 valence electrons. The summed E-state index contributed by atoms with van der Waals surface area (Å²) in [4.78, 5) is 25.1. The summed E-state index contributed by atoms with van der Waals surface area (Å²) in [5.74, 6) is 0.194. The topological polar surface area (TPSA) is 58.2 Å². The second-order valence-corrected chi connectivity index (χ2v) is 8.32. The van der Waals surface area contributed by atoms with Gasteiger partial charge in [0.1, 0.15) is 0 Å². The van der Waals surface area contributed by atoms with Crippen LogP contribution in [0.5, 0.6) is 0 Å². The molecule has 2 amide bonds. The molecule has 1 saturated carbocycles. The first-order chi connectivity index (χ1) is 12.4. The van der Waals surface area contributed by atoms with Crippen LogP contribution in [0.1, 0.15) is 25.3 Å². The molecular weight excluding hydrogens is 368 g/mol. The van der Waals surface area contributed by atoms with Crippen LogP contribution < -0.4 is 10.6 Å². The summed E-state index contributed by atoms with van der Waals surface area (Å²) in [5.41, 5.74) is 2.45. The summed E-state index contributed by atoms with van der Waals surface area (Å²) in [6, 6.07) is 13.0. The standard InChI is InChI=1S/C20H21ClN2O2S/c1-12-3-6-16(11-18(12)21)23-19(24)13(2)26-17-9-7-15(8-10-17)22-20(25)14-4-5-14/h3,6-11,13-14H,4-5H2,1-2H3,(H,22,25)(H,23,24). The van der Waals surface area contributed by atoms with Crippen molar-refractivity contribution in [1.29, 1.82) is 0 Å². The molecule has 2 aromatic carbocycles. The van der Waals surface area contributed by atoms with Crippen LogP contribution in [0.25, 0.3) is 0 Å². The quantitative estimate of drug-likeness (QED) is 0.675. The molecule has 0 saturated heterocycles. The summed E-state index contributed by atoms with van der Waals surface area (Å²) >= 11 is 7.56. The van der Waals surface area contributed by atoms with E-state index in [1.807, 2.05) is 50.2 Å². The van der Waals surface area contributed by atoms with Gasteiger partial charge in [0.2, 0.25) is 11.8 Å². The van der Waals surface area contributed by atoms with Crippen molar-refractivity contribution in [3.05, 3.63) is 53.1 Å². The van der Waals surface area contributed by atoms with Crippen molar-refractivity contribution < 1.29 is 9.59 Å². The number of benzene rings is 2. The predicted molar refractivity (Wildman–Crippen MR) is 108 cm³/mol. The SMILES string of the molecule is Cc1ccc(NC(=O)C(C)Sc2ccc(NC(=O)C3CC3)cc2)cc1Cl. The predicted octanol–water partition coefficient (Wildman–Crippen LogP) is 5.12. The molecule has 4 nitrogen and oxygen atoms in total. The van der Waals surface area contributed by atoms with E-state index in [2.05, 4.69) is 10.6 Å². The number of amides is 2. The molecule has 6 heteroatoms. The number of halogens is 1. The lowest BCUT2D eigenvalue weighted by atomic mass is 10.2. The van der Waals surface area contributed by atoms with Gasteiger partial charge in [-0.15, -0.1) is 11.8 Å². The molecule has 0 bridgehead atoms. The Morgan fingerprint density at radius 2 is 1.73 bits per heavy atom. The van der Waals surface area contributed by atoms with E-state index >= 15 is 0 Å². The fourth-order valence-electron chi connectivity index (χ4n) is 2.38. The number of carbonyl (C=O) groups is 2. The average Bonchev–Trinajstić information content (AvgIpc) is 3.45. The minimum Gasteiger partial charge on any atom is -0.326 e. The summed E-state index contributed by atoms with van der Waals surface area (Å²) in [6.07, 6.45) is 1.97. The normalized spacial score (nSPS) is 14.6. The first kappa shape index (κ1) is 18.8. The fourth-order valence-corrected chi connectivity index (χ4v) is 3.43. The number of hydrogen-bond donors (Lipinski definition) is 2. The molecule has 1 unspecified atom stereocenters. The van der Waals surface area contributed by atoms with Crippen molar-refractivity contribution in [2.24, 2.45) is 5.92 Å². The van der Waals surface area contributed by atoms with Crippen LogP contribution in [0, 0.1) is 12.8 Å². The van der Waals surface area contributed by atoms with E-state index < -0.39 is 0 Å². The third-order valence-corrected chi connectivity index (χ3v) is 5.71. The summed E-state index contributed by atoms with van der Waals surface area (Å²) in [5, 5.41) is 6.16. The van der Waals surface area contributed by atoms with E-state index in [0.717, 1.165) is 29.0 Å². The van der Waals surface area contributed by atoms with Crippen molar-refractivity contribution in [1.82, 2.24) is 0 Å². The zero-order valence-corrected chi connectivity index (χ0v) is 16.3. The van der Waals surface area contributed by atoms with Crippen molar-refractivity contribution in [3.63, 3.8) is 0 Å². The second kappa shape index (κ2) is 8.14. The Morgan fingerprint density at radius 3 is 2.35 bits per heavy atom. The van der Waals surface area contributed by atoms with Gasteiger partial charge in [-0.2, -0.15) is 0 Å². The fraction of sp³-hybridized carbons (Fsp3) is 0.300. The van der Waals surface area contributed by atoms with Gasteiger partial charge in [0, 0.05) is 27.2 Å². The molecule has 26 heavy (non-hydrogen) atoms. The lowest BCUT2D eigenvalue weighted by molar-refractivity contribution is -0.117. The van der Waals surface area contributed by atoms with Gasteiger partial charge < -0.3 is 10.6 Å². The van der Waals surface area contributed by atoms with Crippen LogP contribution in [0.3, 0.4) is 0 Å². The van der Waals surface area contributed by atoms with Gasteiger partial charge >= 0.3 is 0 Å². The second-order valence-electron chi connectivity index (χ2n) is 6.50. The van der Waals surface area contributed by atoms with Gasteiger partial charge in [0.15, 0.2) is 0 Å². The van der Waals surface area contributed by atoms with Crippen LogP contribution in [0.4, 0.5) is 11.4 Å². The van der Waals surface area contributed by atoms with Crippen molar-refractivity contribution in [3.8, 4) is 0 Å². The van der Waals surface area contributed by atoms with Gasteiger partial charge in [0.05, 0.1) is 5.25 Å². The van der Waals surface area contributed by atoms with E-state index in [1.54, 1.807) is 6.07 Å². The van der Waals surface area contributed by atoms with Crippen molar-refractivity contribution in [2.45, 2.75) is 36.8 Å². The average molecular weight is 389 g/mol. The number of anilines is 2. The Labute approximate surface area is 162 Å².